The summed E-state index contributed by atoms with van der Waals surface area (Å²) in [5.74, 6) is 0.898. The van der Waals surface area contributed by atoms with Gasteiger partial charge in [-0.2, -0.15) is 0 Å². The van der Waals surface area contributed by atoms with Gasteiger partial charge in [0.15, 0.2) is 0 Å². The maximum absolute atomic E-state index is 6.01. The van der Waals surface area contributed by atoms with Gasteiger partial charge in [0.2, 0.25) is 0 Å². The van der Waals surface area contributed by atoms with Crippen LogP contribution in [0.3, 0.4) is 0 Å². The second-order valence-corrected chi connectivity index (χ2v) is 7.97. The predicted molar refractivity (Wildman–Crippen MR) is 133 cm³/mol. The largest absolute Gasteiger partial charge is 0.492 e. The number of anilines is 2. The molecule has 3 nitrogen and oxygen atoms in total. The molecule has 0 aliphatic carbocycles. The Morgan fingerprint density at radius 3 is 1.66 bits per heavy atom. The van der Waals surface area contributed by atoms with Crippen molar-refractivity contribution in [2.24, 2.45) is 0 Å². The van der Waals surface area contributed by atoms with Crippen LogP contribution in [-0.4, -0.2) is 25.1 Å². The molecular weight excluding hydrogens is 392 g/mol. The van der Waals surface area contributed by atoms with Gasteiger partial charge in [-0.15, -0.1) is 0 Å². The van der Waals surface area contributed by atoms with Crippen LogP contribution in [-0.2, 0) is 13.1 Å². The molecule has 0 aromatic heterocycles. The van der Waals surface area contributed by atoms with E-state index in [1.165, 1.54) is 16.8 Å². The first-order valence-corrected chi connectivity index (χ1v) is 11.1. The molecule has 0 N–H and O–H groups in total. The van der Waals surface area contributed by atoms with Crippen LogP contribution in [0, 0.1) is 0 Å². The summed E-state index contributed by atoms with van der Waals surface area (Å²) in [5, 5.41) is 0. The zero-order valence-corrected chi connectivity index (χ0v) is 18.6. The Bertz CT molecular complexity index is 1050. The molecule has 0 fully saturated rings. The third-order valence-electron chi connectivity index (χ3n) is 5.44. The molecule has 0 aliphatic heterocycles. The van der Waals surface area contributed by atoms with Gasteiger partial charge in [0.1, 0.15) is 12.4 Å². The van der Waals surface area contributed by atoms with E-state index in [-0.39, 0.29) is 0 Å². The van der Waals surface area contributed by atoms with Crippen molar-refractivity contribution in [2.45, 2.75) is 13.1 Å². The molecule has 4 rings (SSSR count). The molecule has 4 aromatic rings. The van der Waals surface area contributed by atoms with Crippen LogP contribution in [0.5, 0.6) is 5.75 Å². The minimum atomic E-state index is 0.662. The molecule has 3 heteroatoms. The van der Waals surface area contributed by atoms with Gasteiger partial charge in [-0.3, -0.25) is 4.90 Å². The zero-order chi connectivity index (χ0) is 22.0. The average molecular weight is 423 g/mol. The van der Waals surface area contributed by atoms with Crippen molar-refractivity contribution in [1.29, 1.82) is 0 Å². The molecule has 0 aliphatic rings. The number of likely N-dealkylation sites (N-methyl/N-ethyl adjacent to an activating group) is 1. The Labute approximate surface area is 191 Å². The first-order chi connectivity index (χ1) is 15.8. The first-order valence-electron chi connectivity index (χ1n) is 11.1. The SMILES string of the molecule is CN(CCOc1ccc(N(Cc2ccccc2)c2ccccc2)cc1)Cc1ccccc1. The number of hydrogen-bond acceptors (Lipinski definition) is 3. The summed E-state index contributed by atoms with van der Waals surface area (Å²) in [6, 6.07) is 40.0. The summed E-state index contributed by atoms with van der Waals surface area (Å²) in [5.41, 5.74) is 4.91. The fraction of sp³-hybridized carbons (Fsp3) is 0.172. The van der Waals surface area contributed by atoms with Gasteiger partial charge in [0.25, 0.3) is 0 Å². The molecule has 0 saturated heterocycles. The number of hydrogen-bond donors (Lipinski definition) is 0. The minimum Gasteiger partial charge on any atom is -0.492 e. The first kappa shape index (κ1) is 21.7. The van der Waals surface area contributed by atoms with Crippen molar-refractivity contribution in [1.82, 2.24) is 4.90 Å². The highest BCUT2D eigenvalue weighted by Crippen LogP contribution is 2.29. The van der Waals surface area contributed by atoms with Gasteiger partial charge >= 0.3 is 0 Å². The maximum Gasteiger partial charge on any atom is 0.119 e. The van der Waals surface area contributed by atoms with Crippen LogP contribution in [0.15, 0.2) is 115 Å². The van der Waals surface area contributed by atoms with Crippen LogP contribution >= 0.6 is 0 Å². The van der Waals surface area contributed by atoms with E-state index in [0.717, 1.165) is 31.1 Å². The van der Waals surface area contributed by atoms with Crippen LogP contribution in [0.4, 0.5) is 11.4 Å². The minimum absolute atomic E-state index is 0.662. The summed E-state index contributed by atoms with van der Waals surface area (Å²) in [7, 11) is 2.13. The Balaban J connectivity index is 1.37. The molecule has 0 radical (unpaired) electrons. The molecule has 32 heavy (non-hydrogen) atoms. The summed E-state index contributed by atoms with van der Waals surface area (Å²) in [6.45, 7) is 3.28. The van der Waals surface area contributed by atoms with Crippen LogP contribution in [0.25, 0.3) is 0 Å². The van der Waals surface area contributed by atoms with E-state index in [1.54, 1.807) is 0 Å². The number of para-hydroxylation sites is 1. The number of ether oxygens (including phenoxy) is 1. The van der Waals surface area contributed by atoms with Crippen molar-refractivity contribution in [2.75, 3.05) is 25.1 Å². The van der Waals surface area contributed by atoms with E-state index in [1.807, 2.05) is 0 Å². The van der Waals surface area contributed by atoms with E-state index < -0.39 is 0 Å². The lowest BCUT2D eigenvalue weighted by molar-refractivity contribution is 0.233. The molecule has 0 atom stereocenters. The number of benzene rings is 4. The average Bonchev–Trinajstić information content (AvgIpc) is 2.85. The van der Waals surface area contributed by atoms with Crippen LogP contribution in [0.2, 0.25) is 0 Å². The van der Waals surface area contributed by atoms with Crippen molar-refractivity contribution >= 4 is 11.4 Å². The van der Waals surface area contributed by atoms with E-state index >= 15 is 0 Å². The lowest BCUT2D eigenvalue weighted by Crippen LogP contribution is -2.23. The highest BCUT2D eigenvalue weighted by molar-refractivity contribution is 5.64. The van der Waals surface area contributed by atoms with Gasteiger partial charge in [-0.1, -0.05) is 78.9 Å². The summed E-state index contributed by atoms with van der Waals surface area (Å²) in [6.07, 6.45) is 0. The fourth-order valence-corrected chi connectivity index (χ4v) is 3.72. The summed E-state index contributed by atoms with van der Waals surface area (Å²) in [4.78, 5) is 4.60. The molecule has 0 heterocycles. The monoisotopic (exact) mass is 422 g/mol. The molecule has 0 amide bonds. The third kappa shape index (κ3) is 6.22. The Hall–Kier alpha value is -3.56. The van der Waals surface area contributed by atoms with Gasteiger partial charge in [-0.25, -0.2) is 0 Å². The van der Waals surface area contributed by atoms with Crippen molar-refractivity contribution < 1.29 is 4.74 Å². The Morgan fingerprint density at radius 1 is 0.562 bits per heavy atom. The van der Waals surface area contributed by atoms with Gasteiger partial charge in [-0.05, 0) is 54.6 Å². The predicted octanol–water partition coefficient (Wildman–Crippen LogP) is 6.54. The quantitative estimate of drug-likeness (QED) is 0.289. The molecule has 0 saturated carbocycles. The third-order valence-corrected chi connectivity index (χ3v) is 5.44. The lowest BCUT2D eigenvalue weighted by atomic mass is 10.1. The summed E-state index contributed by atoms with van der Waals surface area (Å²) < 4.78 is 6.01. The maximum atomic E-state index is 6.01. The zero-order valence-electron chi connectivity index (χ0n) is 18.6. The molecule has 4 aromatic carbocycles. The fourth-order valence-electron chi connectivity index (χ4n) is 3.72. The number of nitrogens with zero attached hydrogens (tertiary/aromatic N) is 2. The van der Waals surface area contributed by atoms with Crippen LogP contribution in [0.1, 0.15) is 11.1 Å². The molecule has 162 valence electrons. The number of rotatable bonds is 10. The van der Waals surface area contributed by atoms with E-state index in [0.29, 0.717) is 6.61 Å². The Morgan fingerprint density at radius 2 is 1.06 bits per heavy atom. The van der Waals surface area contributed by atoms with Gasteiger partial charge < -0.3 is 9.64 Å². The van der Waals surface area contributed by atoms with E-state index in [9.17, 15) is 0 Å². The van der Waals surface area contributed by atoms with Crippen molar-refractivity contribution in [3.8, 4) is 5.75 Å². The topological polar surface area (TPSA) is 15.7 Å². The highest BCUT2D eigenvalue weighted by Gasteiger charge is 2.10. The lowest BCUT2D eigenvalue weighted by Gasteiger charge is -2.25. The van der Waals surface area contributed by atoms with E-state index in [4.69, 9.17) is 4.74 Å². The molecule has 0 bridgehead atoms. The second kappa shape index (κ2) is 11.2. The van der Waals surface area contributed by atoms with E-state index in [2.05, 4.69) is 132 Å². The Kier molecular flexibility index (Phi) is 7.56. The molecule has 0 spiro atoms. The smallest absolute Gasteiger partial charge is 0.119 e. The van der Waals surface area contributed by atoms with Crippen LogP contribution < -0.4 is 9.64 Å². The van der Waals surface area contributed by atoms with Gasteiger partial charge in [0, 0.05) is 31.0 Å². The molecule has 0 unspecified atom stereocenters. The highest BCUT2D eigenvalue weighted by atomic mass is 16.5. The van der Waals surface area contributed by atoms with Crippen molar-refractivity contribution in [3.63, 3.8) is 0 Å². The van der Waals surface area contributed by atoms with Gasteiger partial charge in [0.05, 0.1) is 0 Å². The summed E-state index contributed by atoms with van der Waals surface area (Å²) >= 11 is 0. The normalized spacial score (nSPS) is 10.8. The molecular formula is C29H30N2O. The van der Waals surface area contributed by atoms with Crippen molar-refractivity contribution in [3.05, 3.63) is 126 Å². The second-order valence-electron chi connectivity index (χ2n) is 7.97. The standard InChI is InChI=1S/C29H30N2O/c1-30(23-25-11-5-2-6-12-25)21-22-32-29-19-17-28(18-20-29)31(27-15-9-4-10-16-27)24-26-13-7-3-8-14-26/h2-20H,21-24H2,1H3.